The number of rotatable bonds is 2. The van der Waals surface area contributed by atoms with Crippen LogP contribution in [0.5, 0.6) is 0 Å². The van der Waals surface area contributed by atoms with Crippen LogP contribution in [-0.2, 0) is 20.1 Å². The Morgan fingerprint density at radius 2 is 1.53 bits per heavy atom. The van der Waals surface area contributed by atoms with Gasteiger partial charge in [0.05, 0.1) is 5.52 Å². The second-order valence-electron chi connectivity index (χ2n) is 9.12. The topological polar surface area (TPSA) is 23.8 Å². The fourth-order valence-electron chi connectivity index (χ4n) is 5.26. The van der Waals surface area contributed by atoms with E-state index in [1.165, 1.54) is 38.1 Å². The number of hydrogen-bond acceptors (Lipinski definition) is 3. The molecule has 0 aliphatic carbocycles. The van der Waals surface area contributed by atoms with Crippen LogP contribution >= 0.6 is 0 Å². The second kappa shape index (κ2) is 9.94. The van der Waals surface area contributed by atoms with E-state index >= 15 is 0 Å². The number of anilines is 1. The van der Waals surface area contributed by atoms with E-state index in [9.17, 15) is 0 Å². The average molecular weight is 668 g/mol. The van der Waals surface area contributed by atoms with Gasteiger partial charge in [0.1, 0.15) is 0 Å². The van der Waals surface area contributed by atoms with Crippen LogP contribution in [0.3, 0.4) is 0 Å². The van der Waals surface area contributed by atoms with Crippen LogP contribution in [0.1, 0.15) is 0 Å². The summed E-state index contributed by atoms with van der Waals surface area (Å²) in [5.74, 6) is 0. The van der Waals surface area contributed by atoms with Crippen LogP contribution in [-0.4, -0.2) is 21.3 Å². The van der Waals surface area contributed by atoms with Gasteiger partial charge in [0.15, 0.2) is 0 Å². The average Bonchev–Trinajstić information content (AvgIpc) is 3.65. The maximum Gasteiger partial charge on any atom is 3.00 e. The summed E-state index contributed by atoms with van der Waals surface area (Å²) < 4.78 is 2.40. The Balaban J connectivity index is 0.000000172. The Bertz CT molecular complexity index is 1840. The van der Waals surface area contributed by atoms with Crippen molar-refractivity contribution in [3.63, 3.8) is 0 Å². The molecule has 1 aliphatic heterocycles. The van der Waals surface area contributed by atoms with Gasteiger partial charge in [-0.05, 0) is 42.7 Å². The number of benzene rings is 4. The summed E-state index contributed by atoms with van der Waals surface area (Å²) in [4.78, 5) is 8.42. The van der Waals surface area contributed by atoms with Crippen molar-refractivity contribution in [1.82, 2.24) is 14.3 Å². The van der Waals surface area contributed by atoms with E-state index in [-0.39, 0.29) is 20.1 Å². The van der Waals surface area contributed by atoms with Crippen LogP contribution in [0.4, 0.5) is 5.69 Å². The molecule has 0 N–H and O–H groups in total. The van der Waals surface area contributed by atoms with Gasteiger partial charge in [-0.2, -0.15) is 18.8 Å². The van der Waals surface area contributed by atoms with Crippen molar-refractivity contribution in [1.29, 1.82) is 0 Å². The summed E-state index contributed by atoms with van der Waals surface area (Å²) in [6, 6.07) is 39.7. The summed E-state index contributed by atoms with van der Waals surface area (Å²) >= 11 is 0. The molecule has 0 amide bonds. The molecule has 0 spiro atoms. The normalized spacial score (nSPS) is 12.9. The smallest absolute Gasteiger partial charge is 0.510 e. The van der Waals surface area contributed by atoms with Gasteiger partial charge in [-0.1, -0.05) is 65.1 Å². The van der Waals surface area contributed by atoms with Crippen molar-refractivity contribution >= 4 is 43.8 Å². The minimum Gasteiger partial charge on any atom is -0.510 e. The second-order valence-corrected chi connectivity index (χ2v) is 9.12. The van der Waals surface area contributed by atoms with E-state index in [0.717, 1.165) is 16.9 Å². The fourth-order valence-corrected chi connectivity index (χ4v) is 5.26. The molecule has 7 aromatic rings. The minimum absolute atomic E-state index is 0. The van der Waals surface area contributed by atoms with Crippen molar-refractivity contribution in [2.45, 2.75) is 0 Å². The van der Waals surface area contributed by atoms with Crippen molar-refractivity contribution < 1.29 is 20.1 Å². The molecule has 0 bridgehead atoms. The largest absolute Gasteiger partial charge is 3.00 e. The molecule has 0 saturated carbocycles. The molecule has 0 saturated heterocycles. The molecule has 8 rings (SSSR count). The maximum atomic E-state index is 4.22. The Morgan fingerprint density at radius 1 is 0.711 bits per heavy atom. The molecule has 1 aliphatic rings. The van der Waals surface area contributed by atoms with Crippen molar-refractivity contribution in [2.75, 3.05) is 11.9 Å². The predicted molar refractivity (Wildman–Crippen MR) is 152 cm³/mol. The van der Waals surface area contributed by atoms with Gasteiger partial charge in [0.25, 0.3) is 0 Å². The van der Waals surface area contributed by atoms with Gasteiger partial charge in [0.2, 0.25) is 0 Å². The molecule has 3 aromatic heterocycles. The van der Waals surface area contributed by atoms with E-state index < -0.39 is 0 Å². The molecule has 0 radical (unpaired) electrons. The Labute approximate surface area is 235 Å². The number of nitrogens with zero attached hydrogens (tertiary/aromatic N) is 4. The molecule has 0 unspecified atom stereocenters. The third-order valence-electron chi connectivity index (χ3n) is 6.84. The first-order valence-corrected chi connectivity index (χ1v) is 12.3. The number of hydrogen-bond donors (Lipinski definition) is 0. The number of aromatic nitrogens is 2. The molecule has 0 atom stereocenters. The van der Waals surface area contributed by atoms with Crippen LogP contribution in [0.2, 0.25) is 0 Å². The minimum atomic E-state index is 0. The standard InChI is InChI=1S/C22H15N3.C11H8N.Ir/c1-23-12-13-24(14-23)19-10-5-11-20-21(19)17-8-4-7-16-15-6-2-3-9-18(15)25(20)22(16)17;1-2-6-10(7-3-1)11-8-4-5-9-12-11;/h2-9,11-14H,1H3;1-6,8-9H;/q-2;-1;+3. The predicted octanol–water partition coefficient (Wildman–Crippen LogP) is 7.53. The van der Waals surface area contributed by atoms with Gasteiger partial charge < -0.3 is 19.2 Å². The van der Waals surface area contributed by atoms with Crippen molar-refractivity contribution in [3.8, 4) is 11.3 Å². The van der Waals surface area contributed by atoms with E-state index in [1.54, 1.807) is 6.20 Å². The molecule has 184 valence electrons. The van der Waals surface area contributed by atoms with Gasteiger partial charge in [-0.15, -0.1) is 42.0 Å². The number of pyridine rings is 1. The third-order valence-corrected chi connectivity index (χ3v) is 6.84. The molecule has 4 heterocycles. The van der Waals surface area contributed by atoms with Gasteiger partial charge >= 0.3 is 20.1 Å². The first kappa shape index (κ1) is 24.2. The van der Waals surface area contributed by atoms with E-state index in [4.69, 9.17) is 0 Å². The molecular formula is C33H23IrN4. The summed E-state index contributed by atoms with van der Waals surface area (Å²) in [6.07, 6.45) is 5.92. The quantitative estimate of drug-likeness (QED) is 0.178. The van der Waals surface area contributed by atoms with Crippen molar-refractivity contribution in [2.24, 2.45) is 0 Å². The van der Waals surface area contributed by atoms with Crippen LogP contribution in [0.15, 0.2) is 116 Å². The summed E-state index contributed by atoms with van der Waals surface area (Å²) in [6.45, 7) is 2.08. The summed E-state index contributed by atoms with van der Waals surface area (Å²) in [5.41, 5.74) is 6.90. The monoisotopic (exact) mass is 668 g/mol. The van der Waals surface area contributed by atoms with E-state index in [1.807, 2.05) is 55.6 Å². The van der Waals surface area contributed by atoms with Crippen molar-refractivity contribution in [3.05, 3.63) is 134 Å². The van der Waals surface area contributed by atoms with Gasteiger partial charge in [-0.25, -0.2) is 0 Å². The summed E-state index contributed by atoms with van der Waals surface area (Å²) in [7, 11) is 2.04. The molecule has 0 fully saturated rings. The molecular weight excluding hydrogens is 645 g/mol. The SMILES string of the molecule is CN1C=CN(c2[c-]ccc3c2c2cccc4c5ccccc5n3c42)[CH-]1.[Ir+3].[c-]1ccccc1-c1ccccn1. The zero-order valence-corrected chi connectivity index (χ0v) is 23.1. The molecule has 4 nitrogen and oxygen atoms in total. The third kappa shape index (κ3) is 3.92. The van der Waals surface area contributed by atoms with E-state index in [2.05, 4.69) is 98.9 Å². The van der Waals surface area contributed by atoms with Crippen LogP contribution in [0, 0.1) is 18.8 Å². The van der Waals surface area contributed by atoms with Gasteiger partial charge in [-0.3, -0.25) is 0 Å². The van der Waals surface area contributed by atoms with Crippen LogP contribution < -0.4 is 4.90 Å². The Morgan fingerprint density at radius 3 is 2.32 bits per heavy atom. The Hall–Kier alpha value is -4.18. The zero-order valence-electron chi connectivity index (χ0n) is 20.7. The summed E-state index contributed by atoms with van der Waals surface area (Å²) in [5, 5.41) is 5.16. The van der Waals surface area contributed by atoms with E-state index in [0.29, 0.717) is 0 Å². The molecule has 5 heteroatoms. The number of para-hydroxylation sites is 2. The Kier molecular flexibility index (Phi) is 6.32. The molecule has 38 heavy (non-hydrogen) atoms. The zero-order chi connectivity index (χ0) is 24.8. The molecule has 4 aromatic carbocycles. The number of fused-ring (bicyclic) bond motifs is 6. The first-order valence-electron chi connectivity index (χ1n) is 12.3. The first-order chi connectivity index (χ1) is 18.3. The van der Waals surface area contributed by atoms with Gasteiger partial charge in [0, 0.05) is 22.5 Å². The maximum absolute atomic E-state index is 4.22. The fraction of sp³-hybridized carbons (Fsp3) is 0.0303. The van der Waals surface area contributed by atoms with Crippen LogP contribution in [0.25, 0.3) is 49.4 Å².